The Balaban J connectivity index is 1.49. The molecule has 3 rings (SSSR count). The molecule has 0 radical (unpaired) electrons. The number of ether oxygens (including phenoxy) is 2. The van der Waals surface area contributed by atoms with Gasteiger partial charge in [-0.2, -0.15) is 13.2 Å². The summed E-state index contributed by atoms with van der Waals surface area (Å²) in [6.07, 6.45) is 0.0195. The first-order valence-corrected chi connectivity index (χ1v) is 10.8. The second kappa shape index (κ2) is 11.1. The highest BCUT2D eigenvalue weighted by molar-refractivity contribution is 5.89. The molecule has 1 unspecified atom stereocenters. The molecule has 2 aromatic rings. The standard InChI is InChI=1S/C24H28F3N3O3/c1-17(14-24(25,26)27)16-33-21-5-3-4-19(13-21)12-18-8-10-30(11-9-18)23(31)29-20-6-7-22(32-2)28-15-20/h3-7,12-13,15,17H,8-11,14,16H2,1-2H3,(H,29,31). The van der Waals surface area contributed by atoms with E-state index in [0.29, 0.717) is 30.4 Å². The van der Waals surface area contributed by atoms with Crippen LogP contribution in [0.4, 0.5) is 23.7 Å². The molecule has 0 saturated carbocycles. The van der Waals surface area contributed by atoms with E-state index in [2.05, 4.69) is 16.4 Å². The maximum absolute atomic E-state index is 12.5. The number of carbonyl (C=O) groups excluding carboxylic acids is 1. The monoisotopic (exact) mass is 463 g/mol. The van der Waals surface area contributed by atoms with Gasteiger partial charge in [0.25, 0.3) is 0 Å². The average Bonchev–Trinajstić information content (AvgIpc) is 2.78. The lowest BCUT2D eigenvalue weighted by Gasteiger charge is -2.28. The second-order valence-corrected chi connectivity index (χ2v) is 8.12. The summed E-state index contributed by atoms with van der Waals surface area (Å²) < 4.78 is 48.0. The van der Waals surface area contributed by atoms with Crippen molar-refractivity contribution in [3.8, 4) is 11.6 Å². The molecule has 1 fully saturated rings. The third-order valence-electron chi connectivity index (χ3n) is 5.23. The number of hydrogen-bond acceptors (Lipinski definition) is 4. The number of methoxy groups -OCH3 is 1. The maximum Gasteiger partial charge on any atom is 0.389 e. The number of pyridine rings is 1. The van der Waals surface area contributed by atoms with Crippen molar-refractivity contribution in [2.45, 2.75) is 32.4 Å². The zero-order valence-electron chi connectivity index (χ0n) is 18.7. The first-order chi connectivity index (χ1) is 15.7. The Morgan fingerprint density at radius 2 is 2.00 bits per heavy atom. The van der Waals surface area contributed by atoms with Crippen LogP contribution in [0.5, 0.6) is 11.6 Å². The molecule has 178 valence electrons. The van der Waals surface area contributed by atoms with Crippen LogP contribution in [0.3, 0.4) is 0 Å². The molecule has 33 heavy (non-hydrogen) atoms. The van der Waals surface area contributed by atoms with Crippen LogP contribution in [-0.4, -0.2) is 48.9 Å². The van der Waals surface area contributed by atoms with Crippen LogP contribution < -0.4 is 14.8 Å². The van der Waals surface area contributed by atoms with E-state index in [9.17, 15) is 18.0 Å². The number of anilines is 1. The molecule has 2 heterocycles. The average molecular weight is 464 g/mol. The summed E-state index contributed by atoms with van der Waals surface area (Å²) in [6, 6.07) is 10.5. The minimum Gasteiger partial charge on any atom is -0.493 e. The molecule has 1 atom stereocenters. The van der Waals surface area contributed by atoms with Crippen LogP contribution in [0.15, 0.2) is 48.2 Å². The van der Waals surface area contributed by atoms with Gasteiger partial charge in [0.1, 0.15) is 5.75 Å². The number of nitrogens with one attached hydrogen (secondary N) is 1. The molecule has 1 aromatic heterocycles. The van der Waals surface area contributed by atoms with Gasteiger partial charge < -0.3 is 19.7 Å². The molecule has 1 N–H and O–H groups in total. The zero-order valence-corrected chi connectivity index (χ0v) is 18.7. The van der Waals surface area contributed by atoms with Gasteiger partial charge in [0.2, 0.25) is 5.88 Å². The molecular formula is C24H28F3N3O3. The van der Waals surface area contributed by atoms with E-state index >= 15 is 0 Å². The fourth-order valence-corrected chi connectivity index (χ4v) is 3.54. The van der Waals surface area contributed by atoms with Crippen LogP contribution in [0.2, 0.25) is 0 Å². The highest BCUT2D eigenvalue weighted by Gasteiger charge is 2.30. The van der Waals surface area contributed by atoms with E-state index < -0.39 is 18.5 Å². The fraction of sp³-hybridized carbons (Fsp3) is 0.417. The number of rotatable bonds is 7. The van der Waals surface area contributed by atoms with Crippen molar-refractivity contribution in [2.24, 2.45) is 5.92 Å². The predicted octanol–water partition coefficient (Wildman–Crippen LogP) is 5.77. The van der Waals surface area contributed by atoms with Gasteiger partial charge in [-0.15, -0.1) is 0 Å². The number of likely N-dealkylation sites (tertiary alicyclic amines) is 1. The van der Waals surface area contributed by atoms with Crippen LogP contribution >= 0.6 is 0 Å². The van der Waals surface area contributed by atoms with Gasteiger partial charge in [0.05, 0.1) is 25.6 Å². The third kappa shape index (κ3) is 8.00. The maximum atomic E-state index is 12.5. The molecule has 9 heteroatoms. The van der Waals surface area contributed by atoms with Crippen molar-refractivity contribution < 1.29 is 27.4 Å². The van der Waals surface area contributed by atoms with Crippen molar-refractivity contribution in [3.05, 3.63) is 53.7 Å². The topological polar surface area (TPSA) is 63.7 Å². The van der Waals surface area contributed by atoms with Crippen molar-refractivity contribution >= 4 is 17.8 Å². The quantitative estimate of drug-likeness (QED) is 0.566. The minimum atomic E-state index is -4.19. The van der Waals surface area contributed by atoms with Gasteiger partial charge >= 0.3 is 12.2 Å². The van der Waals surface area contributed by atoms with Crippen molar-refractivity contribution in [2.75, 3.05) is 32.1 Å². The Morgan fingerprint density at radius 3 is 2.64 bits per heavy atom. The Morgan fingerprint density at radius 1 is 1.24 bits per heavy atom. The second-order valence-electron chi connectivity index (χ2n) is 8.12. The van der Waals surface area contributed by atoms with Crippen LogP contribution in [0.1, 0.15) is 31.7 Å². The third-order valence-corrected chi connectivity index (χ3v) is 5.23. The van der Waals surface area contributed by atoms with E-state index in [1.807, 2.05) is 18.2 Å². The highest BCUT2D eigenvalue weighted by Crippen LogP contribution is 2.26. The summed E-state index contributed by atoms with van der Waals surface area (Å²) in [6.45, 7) is 2.71. The number of halogens is 3. The summed E-state index contributed by atoms with van der Waals surface area (Å²) in [5, 5.41) is 2.83. The lowest BCUT2D eigenvalue weighted by atomic mass is 10.0. The molecule has 0 bridgehead atoms. The van der Waals surface area contributed by atoms with Crippen molar-refractivity contribution in [1.29, 1.82) is 0 Å². The summed E-state index contributed by atoms with van der Waals surface area (Å²) in [5.74, 6) is 0.408. The summed E-state index contributed by atoms with van der Waals surface area (Å²) in [7, 11) is 1.53. The largest absolute Gasteiger partial charge is 0.493 e. The first kappa shape index (κ1) is 24.4. The lowest BCUT2D eigenvalue weighted by molar-refractivity contribution is -0.145. The van der Waals surface area contributed by atoms with Crippen molar-refractivity contribution in [1.82, 2.24) is 9.88 Å². The van der Waals surface area contributed by atoms with Gasteiger partial charge in [-0.05, 0) is 42.5 Å². The summed E-state index contributed by atoms with van der Waals surface area (Å²) in [4.78, 5) is 18.3. The number of carbonyl (C=O) groups is 1. The first-order valence-electron chi connectivity index (χ1n) is 10.8. The number of hydrogen-bond donors (Lipinski definition) is 1. The van der Waals surface area contributed by atoms with E-state index in [-0.39, 0.29) is 12.6 Å². The van der Waals surface area contributed by atoms with E-state index in [1.165, 1.54) is 19.6 Å². The Hall–Kier alpha value is -3.23. The van der Waals surface area contributed by atoms with Gasteiger partial charge in [-0.1, -0.05) is 30.7 Å². The van der Waals surface area contributed by atoms with Crippen molar-refractivity contribution in [3.63, 3.8) is 0 Å². The van der Waals surface area contributed by atoms with Gasteiger partial charge in [0.15, 0.2) is 0 Å². The summed E-state index contributed by atoms with van der Waals surface area (Å²) >= 11 is 0. The van der Waals surface area contributed by atoms with Crippen LogP contribution in [-0.2, 0) is 0 Å². The van der Waals surface area contributed by atoms with Gasteiger partial charge in [0, 0.05) is 25.6 Å². The summed E-state index contributed by atoms with van der Waals surface area (Å²) in [5.41, 5.74) is 2.73. The smallest absolute Gasteiger partial charge is 0.389 e. The molecule has 1 aromatic carbocycles. The fourth-order valence-electron chi connectivity index (χ4n) is 3.54. The molecule has 1 aliphatic heterocycles. The molecule has 6 nitrogen and oxygen atoms in total. The Labute approximate surface area is 191 Å². The minimum absolute atomic E-state index is 0.00726. The lowest BCUT2D eigenvalue weighted by Crippen LogP contribution is -2.39. The van der Waals surface area contributed by atoms with Crippen LogP contribution in [0, 0.1) is 5.92 Å². The van der Waals surface area contributed by atoms with E-state index in [0.717, 1.165) is 18.4 Å². The molecule has 2 amide bonds. The number of amides is 2. The predicted molar refractivity (Wildman–Crippen MR) is 120 cm³/mol. The normalized spacial score (nSPS) is 15.1. The molecule has 1 saturated heterocycles. The molecule has 1 aliphatic rings. The number of nitrogens with zero attached hydrogens (tertiary/aromatic N) is 2. The van der Waals surface area contributed by atoms with E-state index in [1.54, 1.807) is 29.3 Å². The molecule has 0 aliphatic carbocycles. The Kier molecular flexibility index (Phi) is 8.19. The number of urea groups is 1. The SMILES string of the molecule is COc1ccc(NC(=O)N2CCC(=Cc3cccc(OCC(C)CC(F)(F)F)c3)CC2)cn1. The van der Waals surface area contributed by atoms with Crippen LogP contribution in [0.25, 0.3) is 6.08 Å². The zero-order chi connectivity index (χ0) is 23.8. The molecular weight excluding hydrogens is 435 g/mol. The van der Waals surface area contributed by atoms with Gasteiger partial charge in [-0.3, -0.25) is 0 Å². The number of benzene rings is 1. The highest BCUT2D eigenvalue weighted by atomic mass is 19.4. The number of piperidine rings is 1. The van der Waals surface area contributed by atoms with Gasteiger partial charge in [-0.25, -0.2) is 9.78 Å². The van der Waals surface area contributed by atoms with E-state index in [4.69, 9.17) is 9.47 Å². The molecule has 0 spiro atoms. The Bertz CT molecular complexity index is 951. The number of aromatic nitrogens is 1. The number of alkyl halides is 3.